The van der Waals surface area contributed by atoms with Crippen LogP contribution in [0, 0.1) is 0 Å². The summed E-state index contributed by atoms with van der Waals surface area (Å²) >= 11 is 0. The number of anilines is 1. The Labute approximate surface area is 107 Å². The Morgan fingerprint density at radius 1 is 1.61 bits per heavy atom. The largest absolute Gasteiger partial charge is 0.396 e. The number of aryl methyl sites for hydroxylation is 1. The van der Waals surface area contributed by atoms with Crippen molar-refractivity contribution in [2.75, 3.05) is 12.3 Å². The zero-order chi connectivity index (χ0) is 14.0. The highest BCUT2D eigenvalue weighted by Crippen LogP contribution is 2.21. The lowest BCUT2D eigenvalue weighted by atomic mass is 9.97. The lowest BCUT2D eigenvalue weighted by Gasteiger charge is -2.28. The highest BCUT2D eigenvalue weighted by atomic mass is 32.2. The van der Waals surface area contributed by atoms with Gasteiger partial charge in [0.25, 0.3) is 10.0 Å². The van der Waals surface area contributed by atoms with E-state index in [2.05, 4.69) is 9.71 Å². The van der Waals surface area contributed by atoms with Crippen molar-refractivity contribution in [3.63, 3.8) is 0 Å². The number of hydrogen-bond donors (Lipinski definition) is 3. The predicted molar refractivity (Wildman–Crippen MR) is 68.3 cm³/mol. The van der Waals surface area contributed by atoms with Crippen molar-refractivity contribution in [2.45, 2.75) is 37.3 Å². The van der Waals surface area contributed by atoms with E-state index in [1.165, 1.54) is 10.9 Å². The summed E-state index contributed by atoms with van der Waals surface area (Å²) in [6.07, 6.45) is 2.24. The summed E-state index contributed by atoms with van der Waals surface area (Å²) in [4.78, 5) is 3.76. The van der Waals surface area contributed by atoms with Crippen LogP contribution in [0.5, 0.6) is 0 Å². The van der Waals surface area contributed by atoms with Crippen LogP contribution in [-0.2, 0) is 17.1 Å². The molecule has 1 aromatic rings. The number of nitrogens with one attached hydrogen (secondary N) is 1. The average Bonchev–Trinajstić information content (AvgIpc) is 2.58. The molecular weight excluding hydrogens is 256 g/mol. The molecule has 8 heteroatoms. The minimum atomic E-state index is -3.76. The van der Waals surface area contributed by atoms with Crippen molar-refractivity contribution in [3.8, 4) is 0 Å². The summed E-state index contributed by atoms with van der Waals surface area (Å²) in [5.41, 5.74) is 4.86. The van der Waals surface area contributed by atoms with Crippen molar-refractivity contribution >= 4 is 15.8 Å². The monoisotopic (exact) mass is 276 g/mol. The zero-order valence-electron chi connectivity index (χ0n) is 10.8. The number of nitrogen functional groups attached to an aromatic ring is 1. The van der Waals surface area contributed by atoms with E-state index in [0.29, 0.717) is 12.8 Å². The molecule has 1 atom stereocenters. The molecule has 0 aliphatic heterocycles. The van der Waals surface area contributed by atoms with E-state index < -0.39 is 15.6 Å². The second kappa shape index (κ2) is 5.25. The fourth-order valence-corrected chi connectivity index (χ4v) is 3.43. The van der Waals surface area contributed by atoms with Gasteiger partial charge in [-0.1, -0.05) is 6.92 Å². The Balaban J connectivity index is 3.09. The van der Waals surface area contributed by atoms with Crippen LogP contribution in [0.25, 0.3) is 0 Å². The summed E-state index contributed by atoms with van der Waals surface area (Å²) in [6, 6.07) is 0. The second-order valence-corrected chi connectivity index (χ2v) is 6.14. The van der Waals surface area contributed by atoms with Crippen LogP contribution in [0.1, 0.15) is 26.7 Å². The van der Waals surface area contributed by atoms with Crippen LogP contribution in [0.3, 0.4) is 0 Å². The Kier molecular flexibility index (Phi) is 4.36. The molecule has 0 amide bonds. The first-order chi connectivity index (χ1) is 8.25. The predicted octanol–water partition coefficient (Wildman–Crippen LogP) is -0.168. The van der Waals surface area contributed by atoms with E-state index in [1.54, 1.807) is 14.0 Å². The molecule has 0 aliphatic carbocycles. The summed E-state index contributed by atoms with van der Waals surface area (Å²) in [5.74, 6) is -0.0348. The first kappa shape index (κ1) is 14.9. The summed E-state index contributed by atoms with van der Waals surface area (Å²) in [7, 11) is -2.19. The summed E-state index contributed by atoms with van der Waals surface area (Å²) in [5, 5.41) is 8.94. The van der Waals surface area contributed by atoms with Gasteiger partial charge in [0.05, 0.1) is 6.33 Å². The van der Waals surface area contributed by atoms with Crippen LogP contribution in [0.2, 0.25) is 0 Å². The van der Waals surface area contributed by atoms with Gasteiger partial charge in [0.15, 0.2) is 10.8 Å². The fourth-order valence-electron chi connectivity index (χ4n) is 1.68. The van der Waals surface area contributed by atoms with Gasteiger partial charge in [0.1, 0.15) is 0 Å². The van der Waals surface area contributed by atoms with Gasteiger partial charge < -0.3 is 15.4 Å². The number of hydrogen-bond acceptors (Lipinski definition) is 5. The maximum Gasteiger partial charge on any atom is 0.260 e. The first-order valence-electron chi connectivity index (χ1n) is 5.67. The van der Waals surface area contributed by atoms with Crippen molar-refractivity contribution in [3.05, 3.63) is 6.33 Å². The topological polar surface area (TPSA) is 110 Å². The summed E-state index contributed by atoms with van der Waals surface area (Å²) < 4.78 is 28.4. The SMILES string of the molecule is CCC(C)(CCO)NS(=O)(=O)c1c(N)ncn1C. The third-order valence-electron chi connectivity index (χ3n) is 2.99. The molecule has 0 saturated carbocycles. The highest BCUT2D eigenvalue weighted by Gasteiger charge is 2.31. The molecule has 0 radical (unpaired) electrons. The smallest absolute Gasteiger partial charge is 0.260 e. The number of imidazole rings is 1. The van der Waals surface area contributed by atoms with E-state index in [9.17, 15) is 8.42 Å². The van der Waals surface area contributed by atoms with Crippen LogP contribution in [0.4, 0.5) is 5.82 Å². The highest BCUT2D eigenvalue weighted by molar-refractivity contribution is 7.89. The van der Waals surface area contributed by atoms with Crippen molar-refractivity contribution in [1.82, 2.24) is 14.3 Å². The number of rotatable bonds is 6. The van der Waals surface area contributed by atoms with Crippen LogP contribution in [-0.4, -0.2) is 35.2 Å². The maximum absolute atomic E-state index is 12.3. The number of aliphatic hydroxyl groups is 1. The van der Waals surface area contributed by atoms with Gasteiger partial charge in [0, 0.05) is 19.2 Å². The van der Waals surface area contributed by atoms with Crippen molar-refractivity contribution in [1.29, 1.82) is 0 Å². The lowest BCUT2D eigenvalue weighted by Crippen LogP contribution is -2.46. The van der Waals surface area contributed by atoms with Gasteiger partial charge in [-0.2, -0.15) is 0 Å². The number of nitrogens with zero attached hydrogens (tertiary/aromatic N) is 2. The van der Waals surface area contributed by atoms with E-state index in [0.717, 1.165) is 0 Å². The molecule has 0 saturated heterocycles. The van der Waals surface area contributed by atoms with E-state index >= 15 is 0 Å². The number of nitrogens with two attached hydrogens (primary N) is 1. The van der Waals surface area contributed by atoms with E-state index in [1.807, 2.05) is 6.92 Å². The van der Waals surface area contributed by atoms with Gasteiger partial charge in [-0.15, -0.1) is 0 Å². The van der Waals surface area contributed by atoms with Gasteiger partial charge >= 0.3 is 0 Å². The normalized spacial score (nSPS) is 15.6. The zero-order valence-corrected chi connectivity index (χ0v) is 11.7. The molecular formula is C10H20N4O3S. The molecule has 0 aromatic carbocycles. The van der Waals surface area contributed by atoms with Crippen LogP contribution in [0.15, 0.2) is 11.4 Å². The molecule has 1 rings (SSSR count). The number of aromatic nitrogens is 2. The van der Waals surface area contributed by atoms with Gasteiger partial charge in [-0.05, 0) is 19.8 Å². The standard InChI is InChI=1S/C10H20N4O3S/c1-4-10(2,5-6-15)13-18(16,17)9-8(11)12-7-14(9)3/h7,13,15H,4-6,11H2,1-3H3. The Bertz CT molecular complexity index is 492. The molecule has 1 unspecified atom stereocenters. The molecule has 0 spiro atoms. The van der Waals surface area contributed by atoms with Crippen LogP contribution >= 0.6 is 0 Å². The van der Waals surface area contributed by atoms with Gasteiger partial charge in [-0.25, -0.2) is 18.1 Å². The molecule has 18 heavy (non-hydrogen) atoms. The molecule has 7 nitrogen and oxygen atoms in total. The van der Waals surface area contributed by atoms with Gasteiger partial charge in [0.2, 0.25) is 0 Å². The second-order valence-electron chi connectivity index (χ2n) is 4.54. The fraction of sp³-hybridized carbons (Fsp3) is 0.700. The van der Waals surface area contributed by atoms with E-state index in [4.69, 9.17) is 10.8 Å². The molecule has 1 aromatic heterocycles. The minimum absolute atomic E-state index is 0.0348. The number of aliphatic hydroxyl groups excluding tert-OH is 1. The third-order valence-corrected chi connectivity index (χ3v) is 4.76. The minimum Gasteiger partial charge on any atom is -0.396 e. The van der Waals surface area contributed by atoms with Crippen LogP contribution < -0.4 is 10.5 Å². The van der Waals surface area contributed by atoms with Gasteiger partial charge in [-0.3, -0.25) is 0 Å². The first-order valence-corrected chi connectivity index (χ1v) is 7.15. The molecule has 4 N–H and O–H groups in total. The van der Waals surface area contributed by atoms with Crippen molar-refractivity contribution < 1.29 is 13.5 Å². The molecule has 0 aliphatic rings. The average molecular weight is 276 g/mol. The summed E-state index contributed by atoms with van der Waals surface area (Å²) in [6.45, 7) is 3.51. The third kappa shape index (κ3) is 3.01. The molecule has 1 heterocycles. The quantitative estimate of drug-likeness (QED) is 0.668. The van der Waals surface area contributed by atoms with E-state index in [-0.39, 0.29) is 17.5 Å². The lowest BCUT2D eigenvalue weighted by molar-refractivity contribution is 0.233. The number of sulfonamides is 1. The maximum atomic E-state index is 12.3. The molecule has 104 valence electrons. The Hall–Kier alpha value is -1.12. The molecule has 0 fully saturated rings. The van der Waals surface area contributed by atoms with Crippen molar-refractivity contribution in [2.24, 2.45) is 7.05 Å². The Morgan fingerprint density at radius 3 is 2.61 bits per heavy atom. The Morgan fingerprint density at radius 2 is 2.22 bits per heavy atom. The molecule has 0 bridgehead atoms.